The van der Waals surface area contributed by atoms with E-state index in [0.29, 0.717) is 6.42 Å². The van der Waals surface area contributed by atoms with Crippen LogP contribution >= 0.6 is 0 Å². The van der Waals surface area contributed by atoms with E-state index in [9.17, 15) is 8.42 Å². The number of unbranched alkanes of at least 4 members (excludes halogenated alkanes) is 1. The van der Waals surface area contributed by atoms with Crippen LogP contribution in [0.1, 0.15) is 35.1 Å². The molecule has 0 spiro atoms. The fourth-order valence-electron chi connectivity index (χ4n) is 3.92. The third-order valence-corrected chi connectivity index (χ3v) is 6.88. The van der Waals surface area contributed by atoms with Crippen molar-refractivity contribution in [3.05, 3.63) is 89.0 Å². The average molecular weight is 407 g/mol. The molecule has 150 valence electrons. The fourth-order valence-corrected chi connectivity index (χ4v) is 4.86. The second-order valence-corrected chi connectivity index (χ2v) is 9.31. The second kappa shape index (κ2) is 8.52. The minimum absolute atomic E-state index is 0.217. The lowest BCUT2D eigenvalue weighted by Crippen LogP contribution is -2.08. The topological polar surface area (TPSA) is 43.4 Å². The summed E-state index contributed by atoms with van der Waals surface area (Å²) in [5, 5.41) is 0. The Morgan fingerprint density at radius 2 is 1.55 bits per heavy atom. The Morgan fingerprint density at radius 3 is 2.38 bits per heavy atom. The second-order valence-electron chi connectivity index (χ2n) is 7.69. The van der Waals surface area contributed by atoms with Crippen LogP contribution in [0.3, 0.4) is 0 Å². The summed E-state index contributed by atoms with van der Waals surface area (Å²) in [6.07, 6.45) is 4.72. The first-order valence-corrected chi connectivity index (χ1v) is 11.6. The average Bonchev–Trinajstić information content (AvgIpc) is 2.73. The van der Waals surface area contributed by atoms with Gasteiger partial charge in [0.05, 0.1) is 11.5 Å². The van der Waals surface area contributed by atoms with Crippen molar-refractivity contribution >= 4 is 10.1 Å². The third kappa shape index (κ3) is 4.60. The van der Waals surface area contributed by atoms with Crippen molar-refractivity contribution in [3.63, 3.8) is 0 Å². The molecule has 0 aliphatic heterocycles. The molecule has 0 saturated heterocycles. The van der Waals surface area contributed by atoms with Gasteiger partial charge in [-0.25, -0.2) is 0 Å². The molecule has 4 rings (SSSR count). The van der Waals surface area contributed by atoms with Crippen molar-refractivity contribution in [2.75, 3.05) is 6.61 Å². The molecule has 0 bridgehead atoms. The van der Waals surface area contributed by atoms with Gasteiger partial charge in [-0.15, -0.1) is 0 Å². The zero-order chi connectivity index (χ0) is 20.3. The van der Waals surface area contributed by atoms with E-state index >= 15 is 0 Å². The quantitative estimate of drug-likeness (QED) is 0.385. The molecule has 0 saturated carbocycles. The maximum absolute atomic E-state index is 12.2. The van der Waals surface area contributed by atoms with Gasteiger partial charge >= 0.3 is 0 Å². The van der Waals surface area contributed by atoms with Crippen LogP contribution in [0.5, 0.6) is 0 Å². The molecule has 1 aliphatic rings. The minimum Gasteiger partial charge on any atom is -0.266 e. The Hall–Kier alpha value is -2.43. The Balaban J connectivity index is 1.30. The van der Waals surface area contributed by atoms with Gasteiger partial charge in [0, 0.05) is 0 Å². The molecule has 3 nitrogen and oxygen atoms in total. The van der Waals surface area contributed by atoms with E-state index in [1.807, 2.05) is 6.92 Å². The van der Waals surface area contributed by atoms with Gasteiger partial charge in [0.25, 0.3) is 10.1 Å². The predicted molar refractivity (Wildman–Crippen MR) is 117 cm³/mol. The van der Waals surface area contributed by atoms with Crippen LogP contribution in [0.25, 0.3) is 11.1 Å². The van der Waals surface area contributed by atoms with Crippen molar-refractivity contribution < 1.29 is 12.6 Å². The summed E-state index contributed by atoms with van der Waals surface area (Å²) in [4.78, 5) is 0.220. The highest BCUT2D eigenvalue weighted by molar-refractivity contribution is 7.86. The summed E-state index contributed by atoms with van der Waals surface area (Å²) < 4.78 is 29.6. The van der Waals surface area contributed by atoms with Crippen LogP contribution in [0.15, 0.2) is 71.6 Å². The summed E-state index contributed by atoms with van der Waals surface area (Å²) in [5.74, 6) is 0. The molecule has 0 heterocycles. The highest BCUT2D eigenvalue weighted by Crippen LogP contribution is 2.34. The number of rotatable bonds is 7. The summed E-state index contributed by atoms with van der Waals surface area (Å²) >= 11 is 0. The van der Waals surface area contributed by atoms with Gasteiger partial charge in [-0.2, -0.15) is 8.42 Å². The third-order valence-electron chi connectivity index (χ3n) is 5.55. The lowest BCUT2D eigenvalue weighted by Gasteiger charge is -2.20. The molecular weight excluding hydrogens is 380 g/mol. The van der Waals surface area contributed by atoms with E-state index in [4.69, 9.17) is 4.18 Å². The molecule has 3 aromatic carbocycles. The Kier molecular flexibility index (Phi) is 5.84. The van der Waals surface area contributed by atoms with Gasteiger partial charge in [0.2, 0.25) is 0 Å². The zero-order valence-electron chi connectivity index (χ0n) is 16.7. The van der Waals surface area contributed by atoms with Gasteiger partial charge in [-0.1, -0.05) is 60.2 Å². The molecule has 0 fully saturated rings. The highest BCUT2D eigenvalue weighted by Gasteiger charge is 2.16. The van der Waals surface area contributed by atoms with Crippen molar-refractivity contribution in [1.82, 2.24) is 0 Å². The number of benzene rings is 3. The number of hydrogen-bond acceptors (Lipinski definition) is 3. The molecule has 0 unspecified atom stereocenters. The van der Waals surface area contributed by atoms with Crippen LogP contribution < -0.4 is 0 Å². The first-order chi connectivity index (χ1) is 14.0. The van der Waals surface area contributed by atoms with E-state index in [-0.39, 0.29) is 11.5 Å². The normalized spacial score (nSPS) is 13.0. The summed E-state index contributed by atoms with van der Waals surface area (Å²) in [7, 11) is -3.66. The zero-order valence-corrected chi connectivity index (χ0v) is 17.5. The van der Waals surface area contributed by atoms with Gasteiger partial charge in [0.15, 0.2) is 0 Å². The van der Waals surface area contributed by atoms with Crippen molar-refractivity contribution in [2.24, 2.45) is 0 Å². The first kappa shape index (κ1) is 19.9. The molecule has 0 amide bonds. The molecule has 0 radical (unpaired) electrons. The van der Waals surface area contributed by atoms with E-state index in [1.54, 1.807) is 24.3 Å². The van der Waals surface area contributed by atoms with Crippen molar-refractivity contribution in [2.45, 2.75) is 43.9 Å². The Morgan fingerprint density at radius 1 is 0.828 bits per heavy atom. The molecule has 1 aliphatic carbocycles. The first-order valence-electron chi connectivity index (χ1n) is 10.2. The monoisotopic (exact) mass is 406 g/mol. The van der Waals surface area contributed by atoms with Gasteiger partial charge in [0.1, 0.15) is 0 Å². The molecule has 0 N–H and O–H groups in total. The SMILES string of the molecule is Cc1ccc(S(=O)(=O)OCCCCc2ccc3c(c2)CCc2ccccc2-3)cc1. The van der Waals surface area contributed by atoms with Crippen molar-refractivity contribution in [1.29, 1.82) is 0 Å². The van der Waals surface area contributed by atoms with Crippen LogP contribution in [0, 0.1) is 6.92 Å². The Bertz CT molecular complexity index is 1100. The largest absolute Gasteiger partial charge is 0.296 e. The Labute approximate surface area is 173 Å². The van der Waals surface area contributed by atoms with Gasteiger partial charge in [-0.3, -0.25) is 4.18 Å². The highest BCUT2D eigenvalue weighted by atomic mass is 32.2. The lowest BCUT2D eigenvalue weighted by atomic mass is 9.84. The van der Waals surface area contributed by atoms with Crippen LogP contribution in [0.4, 0.5) is 0 Å². The number of hydrogen-bond donors (Lipinski definition) is 0. The lowest BCUT2D eigenvalue weighted by molar-refractivity contribution is 0.308. The summed E-state index contributed by atoms with van der Waals surface area (Å²) in [6, 6.07) is 22.1. The van der Waals surface area contributed by atoms with E-state index in [1.165, 1.54) is 27.8 Å². The summed E-state index contributed by atoms with van der Waals surface area (Å²) in [5.41, 5.74) is 7.89. The van der Waals surface area contributed by atoms with Gasteiger partial charge in [-0.05, 0) is 79.0 Å². The predicted octanol–water partition coefficient (Wildman–Crippen LogP) is 5.49. The molecule has 4 heteroatoms. The van der Waals surface area contributed by atoms with Crippen molar-refractivity contribution in [3.8, 4) is 11.1 Å². The smallest absolute Gasteiger partial charge is 0.266 e. The van der Waals surface area contributed by atoms with Crippen LogP contribution in [-0.2, 0) is 33.6 Å². The van der Waals surface area contributed by atoms with Crippen LogP contribution in [-0.4, -0.2) is 15.0 Å². The van der Waals surface area contributed by atoms with E-state index < -0.39 is 10.1 Å². The molecule has 29 heavy (non-hydrogen) atoms. The number of fused-ring (bicyclic) bond motifs is 3. The maximum atomic E-state index is 12.2. The van der Waals surface area contributed by atoms with E-state index in [2.05, 4.69) is 42.5 Å². The van der Waals surface area contributed by atoms with Gasteiger partial charge < -0.3 is 0 Å². The number of aryl methyl sites for hydroxylation is 4. The van der Waals surface area contributed by atoms with E-state index in [0.717, 1.165) is 31.2 Å². The standard InChI is InChI=1S/C25H26O3S/c1-19-9-14-23(15-10-19)29(26,27)28-17-5-4-6-20-11-16-25-22(18-20)13-12-21-7-2-3-8-24(21)25/h2-3,7-11,14-16,18H,4-6,12-13,17H2,1H3. The molecular formula is C25H26O3S. The molecule has 0 atom stereocenters. The van der Waals surface area contributed by atoms with Crippen LogP contribution in [0.2, 0.25) is 0 Å². The molecule has 3 aromatic rings. The maximum Gasteiger partial charge on any atom is 0.296 e. The molecule has 0 aromatic heterocycles. The minimum atomic E-state index is -3.66. The fraction of sp³-hybridized carbons (Fsp3) is 0.280. The summed E-state index contributed by atoms with van der Waals surface area (Å²) in [6.45, 7) is 2.14.